The van der Waals surface area contributed by atoms with Crippen molar-refractivity contribution < 1.29 is 0 Å². The number of nitrogens with zero attached hydrogens (tertiary/aromatic N) is 2. The highest BCUT2D eigenvalue weighted by Crippen LogP contribution is 2.39. The molecule has 0 aliphatic heterocycles. The molecule has 1 saturated carbocycles. The van der Waals surface area contributed by atoms with Gasteiger partial charge in [-0.15, -0.1) is 0 Å². The van der Waals surface area contributed by atoms with E-state index in [0.717, 1.165) is 24.6 Å². The fourth-order valence-corrected chi connectivity index (χ4v) is 1.93. The van der Waals surface area contributed by atoms with Gasteiger partial charge >= 0.3 is 0 Å². The van der Waals surface area contributed by atoms with Gasteiger partial charge in [-0.25, -0.2) is 9.97 Å². The Kier molecular flexibility index (Phi) is 3.36. The van der Waals surface area contributed by atoms with E-state index in [0.29, 0.717) is 5.92 Å². The van der Waals surface area contributed by atoms with Crippen LogP contribution in [-0.4, -0.2) is 16.5 Å². The predicted molar refractivity (Wildman–Crippen MR) is 71.3 cm³/mol. The van der Waals surface area contributed by atoms with Crippen LogP contribution in [0.5, 0.6) is 0 Å². The van der Waals surface area contributed by atoms with Gasteiger partial charge < -0.3 is 5.32 Å². The monoisotopic (exact) mass is 233 g/mol. The first-order chi connectivity index (χ1) is 7.98. The van der Waals surface area contributed by atoms with Gasteiger partial charge in [-0.1, -0.05) is 20.8 Å². The lowest BCUT2D eigenvalue weighted by Gasteiger charge is -2.18. The maximum atomic E-state index is 4.71. The summed E-state index contributed by atoms with van der Waals surface area (Å²) in [7, 11) is 0. The fourth-order valence-electron chi connectivity index (χ4n) is 1.93. The molecule has 0 radical (unpaired) electrons. The molecular formula is C14H23N3. The van der Waals surface area contributed by atoms with Gasteiger partial charge in [0, 0.05) is 30.6 Å². The summed E-state index contributed by atoms with van der Waals surface area (Å²) in [4.78, 5) is 9.31. The molecule has 1 fully saturated rings. The molecule has 1 aromatic rings. The Hall–Kier alpha value is -1.12. The summed E-state index contributed by atoms with van der Waals surface area (Å²) in [6.07, 6.45) is 3.51. The van der Waals surface area contributed by atoms with Crippen LogP contribution in [0.1, 0.15) is 58.0 Å². The Morgan fingerprint density at radius 3 is 2.53 bits per heavy atom. The molecule has 0 bridgehead atoms. The largest absolute Gasteiger partial charge is 0.370 e. The molecule has 94 valence electrons. The van der Waals surface area contributed by atoms with Crippen LogP contribution in [0, 0.1) is 5.41 Å². The van der Waals surface area contributed by atoms with Crippen LogP contribution < -0.4 is 5.32 Å². The number of hydrogen-bond acceptors (Lipinski definition) is 3. The Bertz CT molecular complexity index is 389. The van der Waals surface area contributed by atoms with E-state index >= 15 is 0 Å². The zero-order valence-corrected chi connectivity index (χ0v) is 11.4. The zero-order valence-electron chi connectivity index (χ0n) is 11.4. The molecule has 1 aliphatic carbocycles. The Morgan fingerprint density at radius 2 is 2.00 bits per heavy atom. The number of nitrogens with one attached hydrogen (secondary N) is 1. The standard InChI is InChI=1S/C14H23N3/c1-5-15-12-8-11(10-6-7-10)16-13(17-12)9-14(2,3)4/h8,10H,5-7,9H2,1-4H3,(H,15,16,17). The minimum atomic E-state index is 0.242. The van der Waals surface area contributed by atoms with E-state index in [4.69, 9.17) is 4.98 Å². The lowest BCUT2D eigenvalue weighted by molar-refractivity contribution is 0.400. The molecule has 1 aromatic heterocycles. The summed E-state index contributed by atoms with van der Waals surface area (Å²) in [6.45, 7) is 9.70. The van der Waals surface area contributed by atoms with Crippen molar-refractivity contribution >= 4 is 5.82 Å². The fraction of sp³-hybridized carbons (Fsp3) is 0.714. The zero-order chi connectivity index (χ0) is 12.5. The van der Waals surface area contributed by atoms with Crippen LogP contribution in [0.15, 0.2) is 6.07 Å². The van der Waals surface area contributed by atoms with Gasteiger partial charge in [-0.3, -0.25) is 0 Å². The Labute approximate surface area is 104 Å². The molecule has 3 nitrogen and oxygen atoms in total. The Morgan fingerprint density at radius 1 is 1.29 bits per heavy atom. The van der Waals surface area contributed by atoms with Crippen molar-refractivity contribution in [3.63, 3.8) is 0 Å². The third-order valence-corrected chi connectivity index (χ3v) is 2.83. The number of anilines is 1. The van der Waals surface area contributed by atoms with Gasteiger partial charge in [-0.05, 0) is 25.2 Å². The first-order valence-corrected chi connectivity index (χ1v) is 6.59. The second kappa shape index (κ2) is 4.63. The van der Waals surface area contributed by atoms with Crippen LogP contribution >= 0.6 is 0 Å². The molecule has 1 N–H and O–H groups in total. The van der Waals surface area contributed by atoms with E-state index in [2.05, 4.69) is 44.1 Å². The summed E-state index contributed by atoms with van der Waals surface area (Å²) in [6, 6.07) is 2.12. The normalized spacial score (nSPS) is 16.0. The molecule has 17 heavy (non-hydrogen) atoms. The highest BCUT2D eigenvalue weighted by molar-refractivity contribution is 5.38. The second-order valence-electron chi connectivity index (χ2n) is 6.14. The summed E-state index contributed by atoms with van der Waals surface area (Å²) in [5.41, 5.74) is 1.47. The molecule has 0 aromatic carbocycles. The third kappa shape index (κ3) is 3.69. The lowest BCUT2D eigenvalue weighted by atomic mass is 9.92. The number of hydrogen-bond donors (Lipinski definition) is 1. The SMILES string of the molecule is CCNc1cc(C2CC2)nc(CC(C)(C)C)n1. The average Bonchev–Trinajstić information content (AvgIpc) is 2.97. The molecule has 0 saturated heterocycles. The molecule has 3 heteroatoms. The van der Waals surface area contributed by atoms with Crippen molar-refractivity contribution in [1.82, 2.24) is 9.97 Å². The Balaban J connectivity index is 2.23. The topological polar surface area (TPSA) is 37.8 Å². The average molecular weight is 233 g/mol. The maximum Gasteiger partial charge on any atom is 0.131 e. The van der Waals surface area contributed by atoms with Crippen LogP contribution in [0.2, 0.25) is 0 Å². The number of aromatic nitrogens is 2. The maximum absolute atomic E-state index is 4.71. The smallest absolute Gasteiger partial charge is 0.131 e. The van der Waals surface area contributed by atoms with Gasteiger partial charge in [0.2, 0.25) is 0 Å². The molecule has 0 unspecified atom stereocenters. The highest BCUT2D eigenvalue weighted by Gasteiger charge is 2.26. The van der Waals surface area contributed by atoms with Gasteiger partial charge in [0.15, 0.2) is 0 Å². The van der Waals surface area contributed by atoms with Gasteiger partial charge in [-0.2, -0.15) is 0 Å². The van der Waals surface area contributed by atoms with Crippen LogP contribution in [0.4, 0.5) is 5.82 Å². The molecule has 1 heterocycles. The van der Waals surface area contributed by atoms with E-state index in [1.807, 2.05) is 0 Å². The summed E-state index contributed by atoms with van der Waals surface area (Å²) in [5, 5.41) is 3.31. The van der Waals surface area contributed by atoms with E-state index in [1.165, 1.54) is 18.5 Å². The first kappa shape index (κ1) is 12.3. The first-order valence-electron chi connectivity index (χ1n) is 6.59. The highest BCUT2D eigenvalue weighted by atomic mass is 15.0. The van der Waals surface area contributed by atoms with Crippen LogP contribution in [-0.2, 0) is 6.42 Å². The third-order valence-electron chi connectivity index (χ3n) is 2.83. The van der Waals surface area contributed by atoms with Crippen molar-refractivity contribution in [1.29, 1.82) is 0 Å². The van der Waals surface area contributed by atoms with Crippen molar-refractivity contribution in [3.8, 4) is 0 Å². The molecular weight excluding hydrogens is 210 g/mol. The second-order valence-corrected chi connectivity index (χ2v) is 6.14. The van der Waals surface area contributed by atoms with Crippen molar-refractivity contribution in [2.75, 3.05) is 11.9 Å². The van der Waals surface area contributed by atoms with E-state index in [9.17, 15) is 0 Å². The summed E-state index contributed by atoms with van der Waals surface area (Å²) >= 11 is 0. The lowest BCUT2D eigenvalue weighted by Crippen LogP contribution is -2.14. The van der Waals surface area contributed by atoms with Crippen molar-refractivity contribution in [2.45, 2.75) is 52.9 Å². The summed E-state index contributed by atoms with van der Waals surface area (Å²) in [5.74, 6) is 2.66. The van der Waals surface area contributed by atoms with Crippen molar-refractivity contribution in [3.05, 3.63) is 17.6 Å². The van der Waals surface area contributed by atoms with Crippen LogP contribution in [0.3, 0.4) is 0 Å². The minimum absolute atomic E-state index is 0.242. The quantitative estimate of drug-likeness (QED) is 0.866. The molecule has 0 spiro atoms. The molecule has 0 atom stereocenters. The minimum Gasteiger partial charge on any atom is -0.370 e. The molecule has 1 aliphatic rings. The van der Waals surface area contributed by atoms with E-state index in [-0.39, 0.29) is 5.41 Å². The van der Waals surface area contributed by atoms with Gasteiger partial charge in [0.25, 0.3) is 0 Å². The van der Waals surface area contributed by atoms with Crippen LogP contribution in [0.25, 0.3) is 0 Å². The molecule has 0 amide bonds. The summed E-state index contributed by atoms with van der Waals surface area (Å²) < 4.78 is 0. The van der Waals surface area contributed by atoms with Gasteiger partial charge in [0.1, 0.15) is 11.6 Å². The number of rotatable bonds is 4. The van der Waals surface area contributed by atoms with E-state index in [1.54, 1.807) is 0 Å². The molecule has 2 rings (SSSR count). The van der Waals surface area contributed by atoms with Gasteiger partial charge in [0.05, 0.1) is 0 Å². The predicted octanol–water partition coefficient (Wildman–Crippen LogP) is 3.37. The van der Waals surface area contributed by atoms with Crippen molar-refractivity contribution in [2.24, 2.45) is 5.41 Å². The van der Waals surface area contributed by atoms with E-state index < -0.39 is 0 Å².